The lowest BCUT2D eigenvalue weighted by Crippen LogP contribution is -2.13. The molecule has 0 aliphatic rings. The van der Waals surface area contributed by atoms with E-state index in [9.17, 15) is 28.8 Å². The third-order valence-corrected chi connectivity index (χ3v) is 6.16. The number of rotatable bonds is 17. The summed E-state index contributed by atoms with van der Waals surface area (Å²) in [4.78, 5) is 72.0. The first-order valence-electron chi connectivity index (χ1n) is 13.8. The van der Waals surface area contributed by atoms with Crippen molar-refractivity contribution in [2.75, 3.05) is 40.5 Å². The molecule has 0 saturated carbocycles. The molecular weight excluding hydrogens is 588 g/mol. The lowest BCUT2D eigenvalue weighted by Gasteiger charge is -2.08. The molecule has 0 spiro atoms. The Kier molecular flexibility index (Phi) is 13.6. The molecule has 0 amide bonds. The van der Waals surface area contributed by atoms with Crippen molar-refractivity contribution in [2.24, 2.45) is 0 Å². The third-order valence-electron chi connectivity index (χ3n) is 6.16. The summed E-state index contributed by atoms with van der Waals surface area (Å²) in [5.41, 5.74) is 1.71. The minimum Gasteiger partial charge on any atom is -0.462 e. The van der Waals surface area contributed by atoms with Gasteiger partial charge in [-0.05, 0) is 68.3 Å². The van der Waals surface area contributed by atoms with Crippen LogP contribution in [0, 0.1) is 0 Å². The molecule has 0 fully saturated rings. The maximum Gasteiger partial charge on any atom is 0.340 e. The molecule has 0 saturated heterocycles. The predicted octanol–water partition coefficient (Wildman–Crippen LogP) is 4.46. The van der Waals surface area contributed by atoms with E-state index in [0.29, 0.717) is 29.5 Å². The Balaban J connectivity index is 1.28. The number of esters is 4. The summed E-state index contributed by atoms with van der Waals surface area (Å²) in [5, 5.41) is 0. The number of carbonyl (C=O) groups excluding carboxylic acids is 6. The van der Waals surface area contributed by atoms with Gasteiger partial charge in [0, 0.05) is 24.8 Å². The average Bonchev–Trinajstić information content (AvgIpc) is 3.06. The number of hydrogen-bond donors (Lipinski definition) is 0. The Hall–Kier alpha value is -5.20. The summed E-state index contributed by atoms with van der Waals surface area (Å²) in [6, 6.07) is 17.4. The largest absolute Gasteiger partial charge is 0.462 e. The molecule has 0 heterocycles. The van der Waals surface area contributed by atoms with Gasteiger partial charge in [-0.15, -0.1) is 0 Å². The molecule has 0 aromatic heterocycles. The highest BCUT2D eigenvalue weighted by atomic mass is 16.7. The molecule has 12 heteroatoms. The van der Waals surface area contributed by atoms with E-state index < -0.39 is 30.7 Å². The predicted molar refractivity (Wildman–Crippen MR) is 157 cm³/mol. The Bertz CT molecular complexity index is 1480. The molecule has 0 aliphatic heterocycles. The molecule has 0 N–H and O–H groups in total. The van der Waals surface area contributed by atoms with Crippen molar-refractivity contribution < 1.29 is 57.2 Å². The molecule has 236 valence electrons. The van der Waals surface area contributed by atoms with Gasteiger partial charge in [0.2, 0.25) is 6.79 Å². The topological polar surface area (TPSA) is 158 Å². The Morgan fingerprint density at radius 3 is 1.31 bits per heavy atom. The van der Waals surface area contributed by atoms with Crippen LogP contribution in [0.1, 0.15) is 81.9 Å². The van der Waals surface area contributed by atoms with Gasteiger partial charge < -0.3 is 28.4 Å². The van der Waals surface area contributed by atoms with Crippen molar-refractivity contribution in [3.63, 3.8) is 0 Å². The molecule has 0 unspecified atom stereocenters. The van der Waals surface area contributed by atoms with Gasteiger partial charge in [0.25, 0.3) is 0 Å². The van der Waals surface area contributed by atoms with E-state index in [4.69, 9.17) is 23.7 Å². The van der Waals surface area contributed by atoms with Crippen molar-refractivity contribution in [1.29, 1.82) is 0 Å². The fourth-order valence-corrected chi connectivity index (χ4v) is 3.68. The Morgan fingerprint density at radius 2 is 0.867 bits per heavy atom. The van der Waals surface area contributed by atoms with Crippen LogP contribution in [0.4, 0.5) is 0 Å². The Labute approximate surface area is 259 Å². The number of ether oxygens (including phenoxy) is 6. The zero-order valence-electron chi connectivity index (χ0n) is 24.8. The maximum absolute atomic E-state index is 12.3. The van der Waals surface area contributed by atoms with Crippen molar-refractivity contribution in [1.82, 2.24) is 0 Å². The van der Waals surface area contributed by atoms with E-state index in [-0.39, 0.29) is 54.9 Å². The fraction of sp³-hybridized carbons (Fsp3) is 0.273. The zero-order chi connectivity index (χ0) is 32.6. The first kappa shape index (κ1) is 34.3. The standard InChI is InChI=1S/C33H32O12/c1-22(34)23-5-9-26(10-6-23)32(38)44-21-45-33(39)28-15-13-25(14-16-28)30(36)42-18-4-3-17-41-19-29(35)24-7-11-27(12-8-24)31(37)43-20-40-2/h5-16H,3-4,17-21H2,1-2H3. The smallest absolute Gasteiger partial charge is 0.340 e. The molecule has 0 aliphatic carbocycles. The molecule has 0 bridgehead atoms. The van der Waals surface area contributed by atoms with Gasteiger partial charge in [-0.3, -0.25) is 9.59 Å². The minimum absolute atomic E-state index is 0.128. The number of ketones is 2. The summed E-state index contributed by atoms with van der Waals surface area (Å²) in [7, 11) is 1.40. The van der Waals surface area contributed by atoms with Crippen molar-refractivity contribution in [2.45, 2.75) is 19.8 Å². The van der Waals surface area contributed by atoms with E-state index in [1.54, 1.807) is 0 Å². The molecule has 45 heavy (non-hydrogen) atoms. The van der Waals surface area contributed by atoms with Crippen LogP contribution in [0.15, 0.2) is 72.8 Å². The van der Waals surface area contributed by atoms with Gasteiger partial charge in [-0.25, -0.2) is 19.2 Å². The van der Waals surface area contributed by atoms with E-state index in [2.05, 4.69) is 4.74 Å². The van der Waals surface area contributed by atoms with Crippen molar-refractivity contribution >= 4 is 35.4 Å². The summed E-state index contributed by atoms with van der Waals surface area (Å²) in [5.74, 6) is -2.99. The summed E-state index contributed by atoms with van der Waals surface area (Å²) in [6.45, 7) is 0.902. The SMILES string of the molecule is COCOC(=O)c1ccc(C(=O)COCCCCOC(=O)c2ccc(C(=O)OCOC(=O)c3ccc(C(C)=O)cc3)cc2)cc1. The van der Waals surface area contributed by atoms with Gasteiger partial charge >= 0.3 is 23.9 Å². The second-order valence-electron chi connectivity index (χ2n) is 9.43. The lowest BCUT2D eigenvalue weighted by molar-refractivity contribution is -0.0170. The van der Waals surface area contributed by atoms with Crippen LogP contribution in [0.2, 0.25) is 0 Å². The number of benzene rings is 3. The summed E-state index contributed by atoms with van der Waals surface area (Å²) in [6.07, 6.45) is 1.05. The van der Waals surface area contributed by atoms with E-state index in [1.807, 2.05) is 0 Å². The van der Waals surface area contributed by atoms with Crippen LogP contribution in [-0.2, 0) is 28.4 Å². The highest BCUT2D eigenvalue weighted by Crippen LogP contribution is 2.11. The third kappa shape index (κ3) is 11.1. The number of methoxy groups -OCH3 is 1. The second-order valence-corrected chi connectivity index (χ2v) is 9.43. The molecular formula is C33H32O12. The van der Waals surface area contributed by atoms with Crippen LogP contribution < -0.4 is 0 Å². The molecule has 3 rings (SSSR count). The molecule has 0 atom stereocenters. The van der Waals surface area contributed by atoms with Crippen LogP contribution in [0.3, 0.4) is 0 Å². The van der Waals surface area contributed by atoms with Gasteiger partial charge in [-0.2, -0.15) is 0 Å². The highest BCUT2D eigenvalue weighted by molar-refractivity contribution is 5.98. The fourth-order valence-electron chi connectivity index (χ4n) is 3.68. The van der Waals surface area contributed by atoms with Crippen LogP contribution in [-0.4, -0.2) is 76.0 Å². The van der Waals surface area contributed by atoms with Crippen LogP contribution >= 0.6 is 0 Å². The molecule has 3 aromatic carbocycles. The Morgan fingerprint density at radius 1 is 0.489 bits per heavy atom. The first-order valence-corrected chi connectivity index (χ1v) is 13.8. The number of hydrogen-bond acceptors (Lipinski definition) is 12. The first-order chi connectivity index (χ1) is 21.7. The van der Waals surface area contributed by atoms with Gasteiger partial charge in [0.15, 0.2) is 18.4 Å². The van der Waals surface area contributed by atoms with E-state index in [0.717, 1.165) is 0 Å². The van der Waals surface area contributed by atoms with Crippen LogP contribution in [0.5, 0.6) is 0 Å². The van der Waals surface area contributed by atoms with Gasteiger partial charge in [0.05, 0.1) is 28.9 Å². The zero-order valence-corrected chi connectivity index (χ0v) is 24.8. The normalized spacial score (nSPS) is 10.4. The average molecular weight is 621 g/mol. The van der Waals surface area contributed by atoms with Crippen molar-refractivity contribution in [3.05, 3.63) is 106 Å². The monoisotopic (exact) mass is 620 g/mol. The number of Topliss-reactive ketones (excluding diaryl/α,β-unsaturated/α-hetero) is 2. The molecule has 0 radical (unpaired) electrons. The second kappa shape index (κ2) is 17.8. The summed E-state index contributed by atoms with van der Waals surface area (Å²) >= 11 is 0. The maximum atomic E-state index is 12.3. The van der Waals surface area contributed by atoms with Gasteiger partial charge in [0.1, 0.15) is 6.61 Å². The molecule has 12 nitrogen and oxygen atoms in total. The quantitative estimate of drug-likeness (QED) is 0.0687. The highest BCUT2D eigenvalue weighted by Gasteiger charge is 2.14. The number of unbranched alkanes of at least 4 members (excludes halogenated alkanes) is 1. The minimum atomic E-state index is -0.757. The van der Waals surface area contributed by atoms with E-state index in [1.165, 1.54) is 86.8 Å². The molecule has 3 aromatic rings. The van der Waals surface area contributed by atoms with Crippen molar-refractivity contribution in [3.8, 4) is 0 Å². The number of carbonyl (C=O) groups is 6. The van der Waals surface area contributed by atoms with Crippen LogP contribution in [0.25, 0.3) is 0 Å². The summed E-state index contributed by atoms with van der Waals surface area (Å²) < 4.78 is 30.0. The lowest BCUT2D eigenvalue weighted by atomic mass is 10.1. The van der Waals surface area contributed by atoms with E-state index >= 15 is 0 Å². The van der Waals surface area contributed by atoms with Gasteiger partial charge in [-0.1, -0.05) is 24.3 Å².